The predicted molar refractivity (Wildman–Crippen MR) is 67.4 cm³/mol. The Morgan fingerprint density at radius 3 is 2.20 bits per heavy atom. The van der Waals surface area contributed by atoms with E-state index >= 15 is 0 Å². The molecule has 0 aromatic heterocycles. The number of unbranched alkanes of at least 4 members (excludes halogenated alkanes) is 1. The van der Waals surface area contributed by atoms with Gasteiger partial charge in [-0.05, 0) is 6.42 Å². The van der Waals surface area contributed by atoms with Gasteiger partial charge in [0, 0.05) is 15.0 Å². The summed E-state index contributed by atoms with van der Waals surface area (Å²) < 4.78 is 0. The molecule has 0 aliphatic heterocycles. The van der Waals surface area contributed by atoms with Crippen LogP contribution in [0.1, 0.15) is 35.0 Å². The molecular formula is C11H22N2O2. The topological polar surface area (TPSA) is 63.4 Å². The van der Waals surface area contributed by atoms with Crippen molar-refractivity contribution in [2.24, 2.45) is 0 Å². The minimum atomic E-state index is -0.543. The molecule has 1 aromatic carbocycles. The largest absolute Gasteiger partial charge is 0.394 e. The highest BCUT2D eigenvalue weighted by atomic mass is 16.2. The molecule has 0 aliphatic carbocycles. The van der Waals surface area contributed by atoms with Crippen molar-refractivity contribution in [3.05, 3.63) is 20.4 Å². The van der Waals surface area contributed by atoms with Gasteiger partial charge in [0.1, 0.15) is 11.4 Å². The third-order valence-corrected chi connectivity index (χ3v) is 2.15. The molecule has 1 rings (SSSR count). The van der Waals surface area contributed by atoms with Crippen molar-refractivity contribution < 1.29 is 1.43 Å². The molecule has 0 fully saturated rings. The lowest BCUT2D eigenvalue weighted by atomic mass is 10.1. The first kappa shape index (κ1) is 13.7. The maximum absolute atomic E-state index is 11.0. The fraction of sp³-hybridized carbons (Fsp3) is 0.636. The van der Waals surface area contributed by atoms with Crippen molar-refractivity contribution in [2.45, 2.75) is 33.6 Å². The fourth-order valence-corrected chi connectivity index (χ4v) is 1.28. The highest BCUT2D eigenvalue weighted by molar-refractivity contribution is 5.72. The summed E-state index contributed by atoms with van der Waals surface area (Å²) in [6, 6.07) is 0. The average molecular weight is 214 g/mol. The molecule has 88 valence electrons. The minimum Gasteiger partial charge on any atom is -0.394 e. The van der Waals surface area contributed by atoms with Crippen LogP contribution in [-0.4, -0.2) is 13.6 Å². The van der Waals surface area contributed by atoms with E-state index in [0.29, 0.717) is 5.69 Å². The lowest BCUT2D eigenvalue weighted by molar-refractivity contribution is 0.763. The van der Waals surface area contributed by atoms with Crippen LogP contribution in [0.15, 0.2) is 9.59 Å². The number of nitrogen functional groups attached to an aromatic ring is 1. The lowest BCUT2D eigenvalue weighted by Gasteiger charge is -2.20. The van der Waals surface area contributed by atoms with Gasteiger partial charge in [-0.1, -0.05) is 27.2 Å². The van der Waals surface area contributed by atoms with Gasteiger partial charge in [0.25, 0.3) is 10.9 Å². The van der Waals surface area contributed by atoms with Gasteiger partial charge in [0.2, 0.25) is 0 Å². The van der Waals surface area contributed by atoms with E-state index in [1.54, 1.807) is 11.9 Å². The summed E-state index contributed by atoms with van der Waals surface area (Å²) in [6.45, 7) is 6.84. The minimum absolute atomic E-state index is 0. The Balaban J connectivity index is 0. The molecule has 0 saturated carbocycles. The van der Waals surface area contributed by atoms with Gasteiger partial charge < -0.3 is 10.6 Å². The summed E-state index contributed by atoms with van der Waals surface area (Å²) in [6.07, 6.45) is 2.05. The molecule has 0 bridgehead atoms. The summed E-state index contributed by atoms with van der Waals surface area (Å²) in [4.78, 5) is 23.6. The maximum atomic E-state index is 11.0. The predicted octanol–water partition coefficient (Wildman–Crippen LogP) is 1.37. The second kappa shape index (κ2) is 6.22. The summed E-state index contributed by atoms with van der Waals surface area (Å²) >= 11 is 0. The monoisotopic (exact) mass is 214 g/mol. The molecule has 0 amide bonds. The van der Waals surface area contributed by atoms with Gasteiger partial charge >= 0.3 is 0 Å². The summed E-state index contributed by atoms with van der Waals surface area (Å²) in [5, 5.41) is 0. The van der Waals surface area contributed by atoms with Gasteiger partial charge in [-0.25, -0.2) is 0 Å². The van der Waals surface area contributed by atoms with E-state index in [1.807, 2.05) is 13.8 Å². The molecule has 0 spiro atoms. The third kappa shape index (κ3) is 2.81. The van der Waals surface area contributed by atoms with Gasteiger partial charge in [-0.2, -0.15) is 0 Å². The molecule has 4 nitrogen and oxygen atoms in total. The van der Waals surface area contributed by atoms with Crippen molar-refractivity contribution in [1.82, 2.24) is 0 Å². The molecule has 0 heterocycles. The Kier molecular flexibility index (Phi) is 5.67. The van der Waals surface area contributed by atoms with Gasteiger partial charge in [0.05, 0.1) is 0 Å². The lowest BCUT2D eigenvalue weighted by Crippen LogP contribution is -2.41. The standard InChI is InChI=1S/C9H14N2O2.C2H6.H2/c1-3-4-5-11(2)7-6(10)8(12)9(7)13;1-2;/h3-5,10H2,1-2H3;1-2H3;1H. The Morgan fingerprint density at radius 2 is 1.80 bits per heavy atom. The number of rotatable bonds is 4. The highest BCUT2D eigenvalue weighted by Gasteiger charge is 2.20. The van der Waals surface area contributed by atoms with Crippen LogP contribution in [0.3, 0.4) is 0 Å². The quantitative estimate of drug-likeness (QED) is 0.769. The summed E-state index contributed by atoms with van der Waals surface area (Å²) in [7, 11) is 1.78. The molecule has 0 aliphatic rings. The van der Waals surface area contributed by atoms with E-state index in [9.17, 15) is 9.59 Å². The van der Waals surface area contributed by atoms with Crippen LogP contribution < -0.4 is 21.5 Å². The van der Waals surface area contributed by atoms with Gasteiger partial charge in [-0.15, -0.1) is 0 Å². The van der Waals surface area contributed by atoms with Crippen LogP contribution in [0, 0.1) is 0 Å². The average Bonchev–Trinajstić information content (AvgIpc) is 2.28. The van der Waals surface area contributed by atoms with E-state index in [2.05, 4.69) is 6.92 Å². The molecule has 1 aromatic rings. The van der Waals surface area contributed by atoms with E-state index in [4.69, 9.17) is 5.73 Å². The number of nitrogens with two attached hydrogens (primary N) is 1. The molecule has 0 unspecified atom stereocenters. The molecule has 4 heteroatoms. The van der Waals surface area contributed by atoms with Crippen molar-refractivity contribution in [3.63, 3.8) is 0 Å². The zero-order valence-corrected chi connectivity index (χ0v) is 9.96. The van der Waals surface area contributed by atoms with Crippen LogP contribution in [0.2, 0.25) is 0 Å². The first-order chi connectivity index (χ1) is 7.09. The molecular weight excluding hydrogens is 192 g/mol. The van der Waals surface area contributed by atoms with Gasteiger partial charge in [0.15, 0.2) is 0 Å². The molecule has 0 atom stereocenters. The van der Waals surface area contributed by atoms with Crippen LogP contribution in [-0.2, 0) is 0 Å². The van der Waals surface area contributed by atoms with Crippen LogP contribution in [0.4, 0.5) is 11.4 Å². The summed E-state index contributed by atoms with van der Waals surface area (Å²) in [5.74, 6) is 0. The van der Waals surface area contributed by atoms with Crippen LogP contribution in [0.5, 0.6) is 0 Å². The van der Waals surface area contributed by atoms with Crippen molar-refractivity contribution in [2.75, 3.05) is 24.2 Å². The van der Waals surface area contributed by atoms with E-state index in [1.165, 1.54) is 0 Å². The number of anilines is 2. The molecule has 2 N–H and O–H groups in total. The fourth-order valence-electron chi connectivity index (χ4n) is 1.28. The zero-order valence-electron chi connectivity index (χ0n) is 9.96. The van der Waals surface area contributed by atoms with E-state index in [-0.39, 0.29) is 7.11 Å². The SMILES string of the molecule is CC.CCCCN(C)c1c(N)c(=O)c1=O.[HH]. The first-order valence-electron chi connectivity index (χ1n) is 5.39. The molecule has 0 saturated heterocycles. The van der Waals surface area contributed by atoms with Crippen molar-refractivity contribution >= 4 is 11.4 Å². The van der Waals surface area contributed by atoms with Gasteiger partial charge in [-0.3, -0.25) is 9.59 Å². The van der Waals surface area contributed by atoms with Crippen molar-refractivity contribution in [1.29, 1.82) is 0 Å². The second-order valence-corrected chi connectivity index (χ2v) is 3.20. The van der Waals surface area contributed by atoms with E-state index < -0.39 is 10.9 Å². The second-order valence-electron chi connectivity index (χ2n) is 3.20. The number of nitrogens with zero attached hydrogens (tertiary/aromatic N) is 1. The number of hydrogen-bond donors (Lipinski definition) is 1. The maximum Gasteiger partial charge on any atom is 0.253 e. The number of hydrogen-bond acceptors (Lipinski definition) is 4. The Hall–Kier alpha value is -1.32. The first-order valence-corrected chi connectivity index (χ1v) is 5.39. The highest BCUT2D eigenvalue weighted by Crippen LogP contribution is 2.14. The normalized spacial score (nSPS) is 9.60. The zero-order chi connectivity index (χ0) is 12.0. The van der Waals surface area contributed by atoms with E-state index in [0.717, 1.165) is 19.4 Å². The van der Waals surface area contributed by atoms with Crippen LogP contribution in [0.25, 0.3) is 0 Å². The Morgan fingerprint density at radius 1 is 1.27 bits per heavy atom. The molecule has 0 radical (unpaired) electrons. The third-order valence-electron chi connectivity index (χ3n) is 2.15. The smallest absolute Gasteiger partial charge is 0.253 e. The Labute approximate surface area is 91.9 Å². The summed E-state index contributed by atoms with van der Waals surface area (Å²) in [5.41, 5.74) is 4.91. The molecule has 15 heavy (non-hydrogen) atoms. The van der Waals surface area contributed by atoms with Crippen LogP contribution >= 0.6 is 0 Å². The van der Waals surface area contributed by atoms with Crippen molar-refractivity contribution in [3.8, 4) is 0 Å². The Bertz CT molecular complexity index is 370.